The van der Waals surface area contributed by atoms with E-state index in [1.807, 2.05) is 0 Å². The molecular formula is C57H97NO5. The molecule has 6 nitrogen and oxygen atoms in total. The fourth-order valence-corrected chi connectivity index (χ4v) is 7.29. The number of hydrogen-bond donors (Lipinski definition) is 3. The summed E-state index contributed by atoms with van der Waals surface area (Å²) in [6, 6.07) is -0.726. The molecule has 0 bridgehead atoms. The molecule has 0 fully saturated rings. The van der Waals surface area contributed by atoms with E-state index in [4.69, 9.17) is 4.74 Å². The summed E-state index contributed by atoms with van der Waals surface area (Å²) in [4.78, 5) is 26.1. The van der Waals surface area contributed by atoms with Crippen molar-refractivity contribution in [3.05, 3.63) is 97.2 Å². The smallest absolute Gasteiger partial charge is 0.306 e. The number of nitrogens with one attached hydrogen (secondary N) is 1. The van der Waals surface area contributed by atoms with Crippen LogP contribution in [0, 0.1) is 0 Å². The zero-order valence-corrected chi connectivity index (χ0v) is 40.9. The third-order valence-electron chi connectivity index (χ3n) is 11.2. The first-order valence-corrected chi connectivity index (χ1v) is 26.0. The number of hydrogen-bond acceptors (Lipinski definition) is 5. The summed E-state index contributed by atoms with van der Waals surface area (Å²) in [6.07, 6.45) is 66.1. The van der Waals surface area contributed by atoms with Gasteiger partial charge in [0.2, 0.25) is 5.91 Å². The molecule has 0 spiro atoms. The van der Waals surface area contributed by atoms with Crippen molar-refractivity contribution in [2.45, 2.75) is 244 Å². The molecule has 360 valence electrons. The van der Waals surface area contributed by atoms with Gasteiger partial charge in [-0.2, -0.15) is 0 Å². The SMILES string of the molecule is CC/C=C\C/C=C\C/C=C\C/C=C\C/C=C\CCCCCC(=O)OC(CCCC/C=C/C/C=C/C/C=C/CC)CC(=O)NC(CO)C(O)CCCCCCCCCCCCCCC. The number of carbonyl (C=O) groups is 2. The molecule has 0 heterocycles. The minimum Gasteiger partial charge on any atom is -0.462 e. The molecule has 3 unspecified atom stereocenters. The Bertz CT molecular complexity index is 1260. The summed E-state index contributed by atoms with van der Waals surface area (Å²) < 4.78 is 5.90. The zero-order chi connectivity index (χ0) is 45.9. The van der Waals surface area contributed by atoms with E-state index in [9.17, 15) is 19.8 Å². The van der Waals surface area contributed by atoms with Gasteiger partial charge in [0.15, 0.2) is 0 Å². The number of amides is 1. The van der Waals surface area contributed by atoms with Gasteiger partial charge in [-0.15, -0.1) is 0 Å². The Morgan fingerprint density at radius 2 is 0.857 bits per heavy atom. The Morgan fingerprint density at radius 1 is 0.476 bits per heavy atom. The van der Waals surface area contributed by atoms with Crippen LogP contribution < -0.4 is 5.32 Å². The number of aliphatic hydroxyl groups is 2. The number of carbonyl (C=O) groups excluding carboxylic acids is 2. The van der Waals surface area contributed by atoms with E-state index in [2.05, 4.69) is 123 Å². The van der Waals surface area contributed by atoms with Gasteiger partial charge in [0.05, 0.1) is 25.2 Å². The van der Waals surface area contributed by atoms with E-state index >= 15 is 0 Å². The maximum Gasteiger partial charge on any atom is 0.306 e. The summed E-state index contributed by atoms with van der Waals surface area (Å²) in [6.45, 7) is 6.23. The Kier molecular flexibility index (Phi) is 47.2. The molecule has 63 heavy (non-hydrogen) atoms. The van der Waals surface area contributed by atoms with E-state index in [1.54, 1.807) is 0 Å². The average Bonchev–Trinajstić information content (AvgIpc) is 3.28. The van der Waals surface area contributed by atoms with Crippen LogP contribution in [-0.2, 0) is 14.3 Å². The average molecular weight is 876 g/mol. The van der Waals surface area contributed by atoms with Gasteiger partial charge in [0.25, 0.3) is 0 Å². The Labute approximate surface area is 388 Å². The van der Waals surface area contributed by atoms with Gasteiger partial charge >= 0.3 is 5.97 Å². The predicted octanol–water partition coefficient (Wildman–Crippen LogP) is 15.7. The van der Waals surface area contributed by atoms with Gasteiger partial charge in [-0.3, -0.25) is 9.59 Å². The Hall–Kier alpha value is -3.22. The number of esters is 1. The fourth-order valence-electron chi connectivity index (χ4n) is 7.29. The highest BCUT2D eigenvalue weighted by atomic mass is 16.5. The van der Waals surface area contributed by atoms with Crippen LogP contribution in [0.1, 0.15) is 226 Å². The van der Waals surface area contributed by atoms with Crippen molar-refractivity contribution in [1.82, 2.24) is 5.32 Å². The summed E-state index contributed by atoms with van der Waals surface area (Å²) in [5.41, 5.74) is 0. The highest BCUT2D eigenvalue weighted by molar-refractivity contribution is 5.77. The van der Waals surface area contributed by atoms with Crippen LogP contribution in [0.25, 0.3) is 0 Å². The standard InChI is InChI=1S/C57H97NO5/c1-4-7-10-13-16-19-22-25-26-27-28-29-30-32-35-38-41-44-47-50-57(62)63-53(48-45-42-39-36-33-24-21-18-15-12-9-6-3)51-56(61)58-54(52-59)55(60)49-46-43-40-37-34-31-23-20-17-14-11-8-5-2/h7,9-10,12,16,18-19,21,25-26,28-29,32-33,35-36,53-55,59-60H,4-6,8,11,13-15,17,20,22-24,27,30-31,34,37-52H2,1-3H3,(H,58,61)/b10-7-,12-9+,19-16-,21-18+,26-25-,29-28-,35-32-,36-33+. The lowest BCUT2D eigenvalue weighted by molar-refractivity contribution is -0.151. The minimum absolute atomic E-state index is 0.0326. The number of allylic oxidation sites excluding steroid dienone is 16. The van der Waals surface area contributed by atoms with E-state index < -0.39 is 18.2 Å². The predicted molar refractivity (Wildman–Crippen MR) is 273 cm³/mol. The molecule has 3 N–H and O–H groups in total. The first-order chi connectivity index (χ1) is 31.0. The van der Waals surface area contributed by atoms with E-state index in [0.29, 0.717) is 19.3 Å². The number of ether oxygens (including phenoxy) is 1. The first kappa shape index (κ1) is 59.8. The summed E-state index contributed by atoms with van der Waals surface area (Å²) >= 11 is 0. The Morgan fingerprint density at radius 3 is 1.30 bits per heavy atom. The summed E-state index contributed by atoms with van der Waals surface area (Å²) in [5, 5.41) is 23.7. The van der Waals surface area contributed by atoms with Crippen LogP contribution in [-0.4, -0.2) is 46.9 Å². The van der Waals surface area contributed by atoms with Crippen molar-refractivity contribution < 1.29 is 24.5 Å². The molecule has 0 aliphatic heterocycles. The lowest BCUT2D eigenvalue weighted by atomic mass is 10.0. The van der Waals surface area contributed by atoms with Crippen LogP contribution in [0.15, 0.2) is 97.2 Å². The molecule has 0 aliphatic rings. The zero-order valence-electron chi connectivity index (χ0n) is 40.9. The van der Waals surface area contributed by atoms with Crippen molar-refractivity contribution in [2.75, 3.05) is 6.61 Å². The van der Waals surface area contributed by atoms with Crippen molar-refractivity contribution >= 4 is 11.9 Å². The highest BCUT2D eigenvalue weighted by Gasteiger charge is 2.24. The number of aliphatic hydroxyl groups excluding tert-OH is 2. The quantitative estimate of drug-likeness (QED) is 0.0322. The van der Waals surface area contributed by atoms with Crippen molar-refractivity contribution in [3.8, 4) is 0 Å². The van der Waals surface area contributed by atoms with Crippen LogP contribution in [0.5, 0.6) is 0 Å². The second kappa shape index (κ2) is 49.8. The van der Waals surface area contributed by atoms with Gasteiger partial charge in [0.1, 0.15) is 6.10 Å². The monoisotopic (exact) mass is 876 g/mol. The lowest BCUT2D eigenvalue weighted by Gasteiger charge is -2.24. The molecule has 0 aromatic heterocycles. The van der Waals surface area contributed by atoms with Gasteiger partial charge in [-0.05, 0) is 103 Å². The van der Waals surface area contributed by atoms with Crippen LogP contribution >= 0.6 is 0 Å². The summed E-state index contributed by atoms with van der Waals surface area (Å²) in [7, 11) is 0. The summed E-state index contributed by atoms with van der Waals surface area (Å²) in [5.74, 6) is -0.557. The van der Waals surface area contributed by atoms with Crippen molar-refractivity contribution in [2.24, 2.45) is 0 Å². The third kappa shape index (κ3) is 45.2. The normalized spacial score (nSPS) is 14.0. The third-order valence-corrected chi connectivity index (χ3v) is 11.2. The molecule has 0 saturated carbocycles. The number of unbranched alkanes of at least 4 members (excludes halogenated alkanes) is 17. The van der Waals surface area contributed by atoms with Crippen molar-refractivity contribution in [3.63, 3.8) is 0 Å². The molecule has 6 heteroatoms. The molecule has 0 saturated heterocycles. The van der Waals surface area contributed by atoms with E-state index in [-0.39, 0.29) is 24.9 Å². The molecule has 1 amide bonds. The van der Waals surface area contributed by atoms with Crippen LogP contribution in [0.3, 0.4) is 0 Å². The van der Waals surface area contributed by atoms with Gasteiger partial charge in [-0.25, -0.2) is 0 Å². The van der Waals surface area contributed by atoms with Crippen LogP contribution in [0.4, 0.5) is 0 Å². The molecule has 3 atom stereocenters. The molecular weight excluding hydrogens is 779 g/mol. The topological polar surface area (TPSA) is 95.9 Å². The largest absolute Gasteiger partial charge is 0.462 e. The van der Waals surface area contributed by atoms with Crippen LogP contribution in [0.2, 0.25) is 0 Å². The second-order valence-corrected chi connectivity index (χ2v) is 17.2. The first-order valence-electron chi connectivity index (χ1n) is 26.0. The Balaban J connectivity index is 4.66. The minimum atomic E-state index is -0.809. The maximum absolute atomic E-state index is 13.2. The highest BCUT2D eigenvalue weighted by Crippen LogP contribution is 2.17. The van der Waals surface area contributed by atoms with Gasteiger partial charge in [-0.1, -0.05) is 208 Å². The lowest BCUT2D eigenvalue weighted by Crippen LogP contribution is -2.46. The van der Waals surface area contributed by atoms with Gasteiger partial charge < -0.3 is 20.3 Å². The number of rotatable bonds is 45. The second-order valence-electron chi connectivity index (χ2n) is 17.2. The molecule has 0 aromatic rings. The molecule has 0 rings (SSSR count). The van der Waals surface area contributed by atoms with E-state index in [1.165, 1.54) is 64.2 Å². The maximum atomic E-state index is 13.2. The van der Waals surface area contributed by atoms with E-state index in [0.717, 1.165) is 116 Å². The van der Waals surface area contributed by atoms with Crippen molar-refractivity contribution in [1.29, 1.82) is 0 Å². The molecule has 0 aliphatic carbocycles. The van der Waals surface area contributed by atoms with Gasteiger partial charge in [0, 0.05) is 6.42 Å². The molecule has 0 radical (unpaired) electrons. The fraction of sp³-hybridized carbons (Fsp3) is 0.684. The molecule has 0 aromatic carbocycles.